The van der Waals surface area contributed by atoms with E-state index in [-0.39, 0.29) is 6.42 Å². The van der Waals surface area contributed by atoms with Crippen molar-refractivity contribution in [2.75, 3.05) is 0 Å². The zero-order valence-corrected chi connectivity index (χ0v) is 10.2. The number of hydrogen-bond donors (Lipinski definition) is 2. The number of benzene rings is 1. The molecule has 1 unspecified atom stereocenters. The first-order valence-corrected chi connectivity index (χ1v) is 5.54. The molecule has 0 saturated heterocycles. The van der Waals surface area contributed by atoms with Crippen molar-refractivity contribution in [1.82, 2.24) is 5.43 Å². The molecule has 0 saturated carbocycles. The normalized spacial score (nSPS) is 13.8. The average Bonchev–Trinajstić information content (AvgIpc) is 2.20. The molecule has 0 fully saturated rings. The van der Waals surface area contributed by atoms with Crippen molar-refractivity contribution < 1.29 is 13.2 Å². The Morgan fingerprint density at radius 3 is 2.47 bits per heavy atom. The van der Waals surface area contributed by atoms with E-state index in [1.54, 1.807) is 12.1 Å². The molecule has 1 atom stereocenters. The molecule has 0 aromatic heterocycles. The van der Waals surface area contributed by atoms with Gasteiger partial charge in [0.25, 0.3) is 0 Å². The maximum atomic E-state index is 12.2. The van der Waals surface area contributed by atoms with Crippen LogP contribution in [-0.2, 0) is 6.42 Å². The van der Waals surface area contributed by atoms with E-state index in [0.717, 1.165) is 0 Å². The van der Waals surface area contributed by atoms with E-state index in [1.165, 1.54) is 6.07 Å². The Hall–Kier alpha value is -0.490. The van der Waals surface area contributed by atoms with Crippen LogP contribution in [0.3, 0.4) is 0 Å². The molecule has 2 nitrogen and oxygen atoms in total. The highest BCUT2D eigenvalue weighted by molar-refractivity contribution is 6.33. The second-order valence-corrected chi connectivity index (χ2v) is 4.47. The van der Waals surface area contributed by atoms with E-state index in [2.05, 4.69) is 5.43 Å². The van der Waals surface area contributed by atoms with Gasteiger partial charge in [-0.2, -0.15) is 13.2 Å². The van der Waals surface area contributed by atoms with Gasteiger partial charge in [0.1, 0.15) is 0 Å². The minimum atomic E-state index is -4.28. The molecule has 0 aliphatic rings. The maximum Gasteiger partial charge on any atom is 0.390 e. The monoisotopic (exact) mass is 286 g/mol. The summed E-state index contributed by atoms with van der Waals surface area (Å²) in [6, 6.07) is 3.72. The van der Waals surface area contributed by atoms with Gasteiger partial charge in [-0.25, -0.2) is 0 Å². The van der Waals surface area contributed by atoms with Gasteiger partial charge < -0.3 is 0 Å². The van der Waals surface area contributed by atoms with Crippen LogP contribution in [0.4, 0.5) is 13.2 Å². The van der Waals surface area contributed by atoms with Crippen molar-refractivity contribution in [1.29, 1.82) is 0 Å². The van der Waals surface area contributed by atoms with E-state index >= 15 is 0 Å². The lowest BCUT2D eigenvalue weighted by Crippen LogP contribution is -2.40. The van der Waals surface area contributed by atoms with E-state index < -0.39 is 18.6 Å². The van der Waals surface area contributed by atoms with Gasteiger partial charge in [0, 0.05) is 16.1 Å². The zero-order chi connectivity index (χ0) is 13.1. The molecule has 7 heteroatoms. The number of hydrogen-bond acceptors (Lipinski definition) is 2. The minimum Gasteiger partial charge on any atom is -0.271 e. The SMILES string of the molecule is NNC(Cc1cc(Cl)ccc1Cl)CC(F)(F)F. The second kappa shape index (κ2) is 5.91. The van der Waals surface area contributed by atoms with Crippen LogP contribution >= 0.6 is 23.2 Å². The summed E-state index contributed by atoms with van der Waals surface area (Å²) < 4.78 is 36.7. The Balaban J connectivity index is 2.77. The number of halogens is 5. The smallest absolute Gasteiger partial charge is 0.271 e. The first kappa shape index (κ1) is 14.6. The molecule has 1 aromatic rings. The average molecular weight is 287 g/mol. The molecule has 1 aromatic carbocycles. The molecule has 1 rings (SSSR count). The summed E-state index contributed by atoms with van der Waals surface area (Å²) in [7, 11) is 0. The van der Waals surface area contributed by atoms with Gasteiger partial charge in [0.15, 0.2) is 0 Å². The van der Waals surface area contributed by atoms with E-state index in [1.807, 2.05) is 0 Å². The molecule has 0 bridgehead atoms. The lowest BCUT2D eigenvalue weighted by molar-refractivity contribution is -0.140. The summed E-state index contributed by atoms with van der Waals surface area (Å²) in [5, 5.41) is 0.795. The van der Waals surface area contributed by atoms with Crippen LogP contribution in [0.15, 0.2) is 18.2 Å². The number of rotatable bonds is 4. The molecule has 0 amide bonds. The Morgan fingerprint density at radius 1 is 1.29 bits per heavy atom. The fourth-order valence-corrected chi connectivity index (χ4v) is 1.82. The molecule has 0 aliphatic carbocycles. The van der Waals surface area contributed by atoms with Crippen LogP contribution < -0.4 is 11.3 Å². The fourth-order valence-electron chi connectivity index (χ4n) is 1.43. The number of nitrogens with one attached hydrogen (secondary N) is 1. The number of hydrazine groups is 1. The molecule has 96 valence electrons. The standard InChI is InChI=1S/C10H11Cl2F3N2/c11-7-1-2-9(12)6(3-7)4-8(17-16)5-10(13,14)15/h1-3,8,17H,4-5,16H2. The lowest BCUT2D eigenvalue weighted by Gasteiger charge is -2.18. The molecule has 0 heterocycles. The van der Waals surface area contributed by atoms with Crippen LogP contribution in [0, 0.1) is 0 Å². The van der Waals surface area contributed by atoms with Crippen LogP contribution in [0.1, 0.15) is 12.0 Å². The van der Waals surface area contributed by atoms with Crippen LogP contribution in [0.25, 0.3) is 0 Å². The quantitative estimate of drug-likeness (QED) is 0.658. The Labute approximate surface area is 107 Å². The number of nitrogens with two attached hydrogens (primary N) is 1. The third-order valence-electron chi connectivity index (χ3n) is 2.19. The highest BCUT2D eigenvalue weighted by Gasteiger charge is 2.31. The lowest BCUT2D eigenvalue weighted by atomic mass is 10.0. The fraction of sp³-hybridized carbons (Fsp3) is 0.400. The molecule has 0 spiro atoms. The highest BCUT2D eigenvalue weighted by atomic mass is 35.5. The predicted octanol–water partition coefficient (Wildman–Crippen LogP) is 3.32. The van der Waals surface area contributed by atoms with E-state index in [9.17, 15) is 13.2 Å². The minimum absolute atomic E-state index is 0.0649. The van der Waals surface area contributed by atoms with Crippen LogP contribution in [-0.4, -0.2) is 12.2 Å². The third-order valence-corrected chi connectivity index (χ3v) is 2.79. The van der Waals surface area contributed by atoms with Crippen molar-refractivity contribution >= 4 is 23.2 Å². The summed E-state index contributed by atoms with van der Waals surface area (Å²) in [6.07, 6.45) is -5.23. The topological polar surface area (TPSA) is 38.0 Å². The van der Waals surface area contributed by atoms with Crippen molar-refractivity contribution in [3.63, 3.8) is 0 Å². The van der Waals surface area contributed by atoms with Gasteiger partial charge in [-0.05, 0) is 30.2 Å². The number of alkyl halides is 3. The summed E-state index contributed by atoms with van der Waals surface area (Å²) >= 11 is 11.6. The molecule has 0 aliphatic heterocycles. The van der Waals surface area contributed by atoms with Gasteiger partial charge in [-0.3, -0.25) is 11.3 Å². The van der Waals surface area contributed by atoms with Crippen molar-refractivity contribution in [2.45, 2.75) is 25.1 Å². The van der Waals surface area contributed by atoms with Gasteiger partial charge >= 0.3 is 6.18 Å². The van der Waals surface area contributed by atoms with Gasteiger partial charge in [-0.15, -0.1) is 0 Å². The third kappa shape index (κ3) is 5.12. The van der Waals surface area contributed by atoms with E-state index in [4.69, 9.17) is 29.0 Å². The predicted molar refractivity (Wildman–Crippen MR) is 61.9 cm³/mol. The molecular weight excluding hydrogens is 276 g/mol. The largest absolute Gasteiger partial charge is 0.390 e. The molecule has 3 N–H and O–H groups in total. The maximum absolute atomic E-state index is 12.2. The summed E-state index contributed by atoms with van der Waals surface area (Å²) in [6.45, 7) is 0. The van der Waals surface area contributed by atoms with E-state index in [0.29, 0.717) is 15.6 Å². The zero-order valence-electron chi connectivity index (χ0n) is 8.69. The second-order valence-electron chi connectivity index (χ2n) is 3.62. The van der Waals surface area contributed by atoms with Crippen LogP contribution in [0.2, 0.25) is 10.0 Å². The molecule has 0 radical (unpaired) electrons. The Kier molecular flexibility index (Phi) is 5.06. The van der Waals surface area contributed by atoms with Gasteiger partial charge in [0.2, 0.25) is 0 Å². The Bertz CT molecular complexity index is 382. The van der Waals surface area contributed by atoms with Crippen LogP contribution in [0.5, 0.6) is 0 Å². The Morgan fingerprint density at radius 2 is 1.94 bits per heavy atom. The molecular formula is C10H11Cl2F3N2. The van der Waals surface area contributed by atoms with Crippen molar-refractivity contribution in [3.05, 3.63) is 33.8 Å². The van der Waals surface area contributed by atoms with Crippen molar-refractivity contribution in [3.8, 4) is 0 Å². The molecule has 17 heavy (non-hydrogen) atoms. The van der Waals surface area contributed by atoms with Gasteiger partial charge in [0.05, 0.1) is 6.42 Å². The van der Waals surface area contributed by atoms with Gasteiger partial charge in [-0.1, -0.05) is 23.2 Å². The summed E-state index contributed by atoms with van der Waals surface area (Å²) in [5.41, 5.74) is 2.67. The van der Waals surface area contributed by atoms with Crippen molar-refractivity contribution in [2.24, 2.45) is 5.84 Å². The summed E-state index contributed by atoms with van der Waals surface area (Å²) in [5.74, 6) is 5.09. The first-order chi connectivity index (χ1) is 7.81. The highest BCUT2D eigenvalue weighted by Crippen LogP contribution is 2.26. The summed E-state index contributed by atoms with van der Waals surface area (Å²) in [4.78, 5) is 0. The first-order valence-electron chi connectivity index (χ1n) is 4.78.